The second-order valence-electron chi connectivity index (χ2n) is 9.31. The molecule has 1 heterocycles. The van der Waals surface area contributed by atoms with Crippen molar-refractivity contribution in [1.29, 1.82) is 0 Å². The maximum absolute atomic E-state index is 13.0. The summed E-state index contributed by atoms with van der Waals surface area (Å²) in [5, 5.41) is 0. The van der Waals surface area contributed by atoms with E-state index < -0.39 is 29.3 Å². The Kier molecular flexibility index (Phi) is 7.74. The van der Waals surface area contributed by atoms with Crippen LogP contribution in [-0.2, 0) is 25.4 Å². The lowest BCUT2D eigenvalue weighted by Crippen LogP contribution is -2.52. The van der Waals surface area contributed by atoms with E-state index in [2.05, 4.69) is 15.9 Å². The molecule has 6 nitrogen and oxygen atoms in total. The smallest absolute Gasteiger partial charge is 0.410 e. The van der Waals surface area contributed by atoms with Crippen molar-refractivity contribution in [1.82, 2.24) is 4.90 Å². The van der Waals surface area contributed by atoms with Gasteiger partial charge in [-0.05, 0) is 65.7 Å². The lowest BCUT2D eigenvalue weighted by atomic mass is 9.92. The number of amides is 1. The number of hydrogen-bond acceptors (Lipinski definition) is 5. The Morgan fingerprint density at radius 2 is 1.83 bits per heavy atom. The lowest BCUT2D eigenvalue weighted by molar-refractivity contribution is -0.168. The Labute approximate surface area is 182 Å². The Balaban J connectivity index is 2.20. The second kappa shape index (κ2) is 9.47. The first kappa shape index (κ1) is 23.7. The highest BCUT2D eigenvalue weighted by molar-refractivity contribution is 9.10. The number of esters is 1. The first-order valence-electron chi connectivity index (χ1n) is 9.91. The van der Waals surface area contributed by atoms with Gasteiger partial charge < -0.3 is 19.1 Å². The molecule has 1 aromatic rings. The van der Waals surface area contributed by atoms with E-state index in [-0.39, 0.29) is 12.5 Å². The molecule has 1 aliphatic rings. The Morgan fingerprint density at radius 1 is 1.17 bits per heavy atom. The van der Waals surface area contributed by atoms with E-state index in [0.717, 1.165) is 10.0 Å². The minimum absolute atomic E-state index is 0.285. The molecule has 2 atom stereocenters. The van der Waals surface area contributed by atoms with Crippen molar-refractivity contribution in [3.8, 4) is 0 Å². The fraction of sp³-hybridized carbons (Fsp3) is 0.636. The molecule has 0 N–H and O–H groups in total. The molecule has 1 saturated heterocycles. The molecule has 1 amide bonds. The van der Waals surface area contributed by atoms with Crippen LogP contribution in [0.5, 0.6) is 0 Å². The topological polar surface area (TPSA) is 65.1 Å². The van der Waals surface area contributed by atoms with Crippen molar-refractivity contribution in [3.05, 3.63) is 34.3 Å². The van der Waals surface area contributed by atoms with Crippen LogP contribution in [0.15, 0.2) is 28.7 Å². The third-order valence-electron chi connectivity index (χ3n) is 4.25. The molecule has 162 valence electrons. The van der Waals surface area contributed by atoms with Gasteiger partial charge in [-0.15, -0.1) is 0 Å². The Morgan fingerprint density at radius 3 is 2.41 bits per heavy atom. The van der Waals surface area contributed by atoms with Crippen LogP contribution in [0.1, 0.15) is 47.1 Å². The van der Waals surface area contributed by atoms with E-state index in [1.807, 2.05) is 65.8 Å². The van der Waals surface area contributed by atoms with Gasteiger partial charge in [0, 0.05) is 11.0 Å². The number of nitrogens with zero attached hydrogens (tertiary/aromatic N) is 1. The molecule has 2 rings (SSSR count). The molecule has 1 fully saturated rings. The molecule has 0 bridgehead atoms. The molecular weight excluding hydrogens is 438 g/mol. The van der Waals surface area contributed by atoms with E-state index in [1.165, 1.54) is 0 Å². The van der Waals surface area contributed by atoms with Crippen LogP contribution in [0.2, 0.25) is 0 Å². The summed E-state index contributed by atoms with van der Waals surface area (Å²) in [4.78, 5) is 27.1. The molecule has 29 heavy (non-hydrogen) atoms. The number of rotatable bonds is 4. The monoisotopic (exact) mass is 469 g/mol. The van der Waals surface area contributed by atoms with Crippen LogP contribution in [0.4, 0.5) is 4.79 Å². The standard InChI is InChI=1S/C22H32BrNO5/c1-21(2,3)28-19(25)17(13-15-8-7-9-16(23)12-15)18-14-24(10-11-27-18)20(26)29-22(4,5)6/h7-9,12,17-18H,10-11,13-14H2,1-6H3. The third kappa shape index (κ3) is 7.97. The largest absolute Gasteiger partial charge is 0.460 e. The Hall–Kier alpha value is -1.60. The van der Waals surface area contributed by atoms with Crippen molar-refractivity contribution in [3.63, 3.8) is 0 Å². The van der Waals surface area contributed by atoms with Gasteiger partial charge in [-0.3, -0.25) is 4.79 Å². The summed E-state index contributed by atoms with van der Waals surface area (Å²) in [5.41, 5.74) is -0.189. The zero-order valence-electron chi connectivity index (χ0n) is 18.2. The highest BCUT2D eigenvalue weighted by Crippen LogP contribution is 2.25. The van der Waals surface area contributed by atoms with Crippen molar-refractivity contribution < 1.29 is 23.8 Å². The van der Waals surface area contributed by atoms with Crippen LogP contribution in [0.3, 0.4) is 0 Å². The fourth-order valence-corrected chi connectivity index (χ4v) is 3.52. The van der Waals surface area contributed by atoms with Gasteiger partial charge in [0.25, 0.3) is 0 Å². The van der Waals surface area contributed by atoms with E-state index >= 15 is 0 Å². The SMILES string of the molecule is CC(C)(C)OC(=O)C(Cc1cccc(Br)c1)C1CN(C(=O)OC(C)(C)C)CCO1. The van der Waals surface area contributed by atoms with Crippen LogP contribution in [0, 0.1) is 5.92 Å². The number of carbonyl (C=O) groups excluding carboxylic acids is 2. The molecular formula is C22H32BrNO5. The number of carbonyl (C=O) groups is 2. The number of hydrogen-bond donors (Lipinski definition) is 0. The summed E-state index contributed by atoms with van der Waals surface area (Å²) in [6.07, 6.45) is -0.400. The molecule has 1 aliphatic heterocycles. The van der Waals surface area contributed by atoms with Gasteiger partial charge in [-0.25, -0.2) is 4.79 Å². The summed E-state index contributed by atoms with van der Waals surface area (Å²) in [6, 6.07) is 7.82. The maximum atomic E-state index is 13.0. The molecule has 7 heteroatoms. The molecule has 0 saturated carbocycles. The summed E-state index contributed by atoms with van der Waals surface area (Å²) in [6.45, 7) is 12.1. The molecule has 0 aliphatic carbocycles. The zero-order chi connectivity index (χ0) is 21.8. The highest BCUT2D eigenvalue weighted by Gasteiger charge is 2.38. The summed E-state index contributed by atoms with van der Waals surface area (Å²) in [5.74, 6) is -0.859. The maximum Gasteiger partial charge on any atom is 0.410 e. The number of halogens is 1. The van der Waals surface area contributed by atoms with Gasteiger partial charge in [-0.1, -0.05) is 28.1 Å². The van der Waals surface area contributed by atoms with Gasteiger partial charge in [0.1, 0.15) is 11.2 Å². The fourth-order valence-electron chi connectivity index (χ4n) is 3.07. The van der Waals surface area contributed by atoms with Gasteiger partial charge in [-0.2, -0.15) is 0 Å². The average molecular weight is 470 g/mol. The normalized spacial score (nSPS) is 18.9. The molecule has 1 aromatic carbocycles. The zero-order valence-corrected chi connectivity index (χ0v) is 19.7. The number of morpholine rings is 1. The van der Waals surface area contributed by atoms with Crippen LogP contribution >= 0.6 is 15.9 Å². The molecule has 2 unspecified atom stereocenters. The quantitative estimate of drug-likeness (QED) is 0.603. The van der Waals surface area contributed by atoms with Crippen LogP contribution < -0.4 is 0 Å². The van der Waals surface area contributed by atoms with Gasteiger partial charge in [0.15, 0.2) is 0 Å². The number of benzene rings is 1. The summed E-state index contributed by atoms with van der Waals surface area (Å²) in [7, 11) is 0. The third-order valence-corrected chi connectivity index (χ3v) is 4.74. The summed E-state index contributed by atoms with van der Waals surface area (Å²) >= 11 is 3.47. The van der Waals surface area contributed by atoms with Crippen LogP contribution in [-0.4, -0.2) is 54.0 Å². The first-order valence-corrected chi connectivity index (χ1v) is 10.7. The van der Waals surface area contributed by atoms with Gasteiger partial charge in [0.2, 0.25) is 0 Å². The first-order chi connectivity index (χ1) is 13.3. The van der Waals surface area contributed by atoms with Crippen molar-refractivity contribution in [2.45, 2.75) is 65.3 Å². The summed E-state index contributed by atoms with van der Waals surface area (Å²) < 4.78 is 18.0. The lowest BCUT2D eigenvalue weighted by Gasteiger charge is -2.37. The second-order valence-corrected chi connectivity index (χ2v) is 10.2. The van der Waals surface area contributed by atoms with Crippen molar-refractivity contribution >= 4 is 28.0 Å². The van der Waals surface area contributed by atoms with E-state index in [0.29, 0.717) is 19.6 Å². The predicted molar refractivity (Wildman–Crippen MR) is 115 cm³/mol. The minimum atomic E-state index is -0.605. The van der Waals surface area contributed by atoms with E-state index in [9.17, 15) is 9.59 Å². The minimum Gasteiger partial charge on any atom is -0.460 e. The molecule has 0 spiro atoms. The molecule has 0 radical (unpaired) electrons. The van der Waals surface area contributed by atoms with Gasteiger partial charge >= 0.3 is 12.1 Å². The molecule has 0 aromatic heterocycles. The highest BCUT2D eigenvalue weighted by atomic mass is 79.9. The van der Waals surface area contributed by atoms with Gasteiger partial charge in [0.05, 0.1) is 25.2 Å². The van der Waals surface area contributed by atoms with Crippen molar-refractivity contribution in [2.24, 2.45) is 5.92 Å². The average Bonchev–Trinajstić information content (AvgIpc) is 2.57. The van der Waals surface area contributed by atoms with Crippen LogP contribution in [0.25, 0.3) is 0 Å². The number of ether oxygens (including phenoxy) is 3. The Bertz CT molecular complexity index is 723. The predicted octanol–water partition coefficient (Wildman–Crippen LogP) is 4.59. The van der Waals surface area contributed by atoms with E-state index in [1.54, 1.807) is 4.90 Å². The van der Waals surface area contributed by atoms with E-state index in [4.69, 9.17) is 14.2 Å². The van der Waals surface area contributed by atoms with Crippen molar-refractivity contribution in [2.75, 3.05) is 19.7 Å².